The summed E-state index contributed by atoms with van der Waals surface area (Å²) in [6, 6.07) is 0. The Kier molecular flexibility index (Phi) is 5.76. The van der Waals surface area contributed by atoms with Crippen molar-refractivity contribution in [2.24, 2.45) is 50.7 Å². The average molecular weight is 477 g/mol. The maximum atomic E-state index is 12.4. The largest absolute Gasteiger partial charge is 0.396 e. The summed E-state index contributed by atoms with van der Waals surface area (Å²) in [5.41, 5.74) is -0.884. The monoisotopic (exact) mass is 476 g/mol. The van der Waals surface area contributed by atoms with Gasteiger partial charge in [0, 0.05) is 5.41 Å². The van der Waals surface area contributed by atoms with E-state index in [0.29, 0.717) is 17.8 Å². The smallest absolute Gasteiger partial charge is 0.0686 e. The molecule has 0 saturated heterocycles. The van der Waals surface area contributed by atoms with Crippen LogP contribution in [0.3, 0.4) is 0 Å². The van der Waals surface area contributed by atoms with Crippen LogP contribution < -0.4 is 0 Å². The van der Waals surface area contributed by atoms with Crippen molar-refractivity contribution >= 4 is 0 Å². The number of aliphatic hydroxyl groups is 4. The minimum atomic E-state index is -0.620. The van der Waals surface area contributed by atoms with Gasteiger partial charge in [-0.15, -0.1) is 0 Å². The molecule has 5 fully saturated rings. The van der Waals surface area contributed by atoms with E-state index in [9.17, 15) is 20.4 Å². The highest BCUT2D eigenvalue weighted by molar-refractivity contribution is 5.17. The Morgan fingerprint density at radius 3 is 1.82 bits per heavy atom. The van der Waals surface area contributed by atoms with E-state index in [1.807, 2.05) is 0 Å². The number of aliphatic hydroxyl groups excluding tert-OH is 3. The minimum absolute atomic E-state index is 0.0571. The Balaban J connectivity index is 1.52. The Labute approximate surface area is 207 Å². The zero-order valence-corrected chi connectivity index (χ0v) is 22.7. The van der Waals surface area contributed by atoms with E-state index < -0.39 is 17.1 Å². The first kappa shape index (κ1) is 25.5. The first-order valence-corrected chi connectivity index (χ1v) is 14.4. The van der Waals surface area contributed by atoms with Gasteiger partial charge in [-0.05, 0) is 116 Å². The highest BCUT2D eigenvalue weighted by Gasteiger charge is 2.67. The Morgan fingerprint density at radius 2 is 1.18 bits per heavy atom. The Hall–Kier alpha value is -0.160. The second-order valence-corrected chi connectivity index (χ2v) is 15.4. The fraction of sp³-hybridized carbons (Fsp3) is 1.00. The van der Waals surface area contributed by atoms with Crippen LogP contribution in [-0.4, -0.2) is 44.8 Å². The lowest BCUT2D eigenvalue weighted by molar-refractivity contribution is -0.215. The molecular formula is C30H52O4. The lowest BCUT2D eigenvalue weighted by Crippen LogP contribution is -2.62. The van der Waals surface area contributed by atoms with Crippen molar-refractivity contribution in [1.29, 1.82) is 0 Å². The third-order valence-electron chi connectivity index (χ3n) is 13.6. The van der Waals surface area contributed by atoms with Crippen molar-refractivity contribution < 1.29 is 20.4 Å². The predicted molar refractivity (Wildman–Crippen MR) is 135 cm³/mol. The highest BCUT2D eigenvalue weighted by Crippen LogP contribution is 2.71. The van der Waals surface area contributed by atoms with E-state index in [-0.39, 0.29) is 40.3 Å². The summed E-state index contributed by atoms with van der Waals surface area (Å²) in [4.78, 5) is 0. The summed E-state index contributed by atoms with van der Waals surface area (Å²) in [7, 11) is 0. The fourth-order valence-electron chi connectivity index (χ4n) is 11.8. The van der Waals surface area contributed by atoms with Gasteiger partial charge < -0.3 is 20.4 Å². The zero-order chi connectivity index (χ0) is 24.9. The second kappa shape index (κ2) is 7.68. The average Bonchev–Trinajstić information content (AvgIpc) is 2.88. The topological polar surface area (TPSA) is 80.9 Å². The first-order valence-electron chi connectivity index (χ1n) is 14.4. The van der Waals surface area contributed by atoms with Gasteiger partial charge in [0.05, 0.1) is 24.4 Å². The van der Waals surface area contributed by atoms with Gasteiger partial charge >= 0.3 is 0 Å². The van der Waals surface area contributed by atoms with Crippen LogP contribution >= 0.6 is 0 Å². The standard InChI is InChI=1S/C30H52O4/c1-25(2)19-10-16-30(34)17-26(3)13-9-21-28(5,15-12-24(33)29(21,6)18-31)20(26)7-8-22(30)27(19,4)14-11-23(25)32/h19-24,31-34H,7-18H2,1-6H3/t19-,20-,21-,22+,23-,24-,26-,27-,28+,29+,30-/m0/s1. The van der Waals surface area contributed by atoms with E-state index in [4.69, 9.17) is 0 Å². The summed E-state index contributed by atoms with van der Waals surface area (Å²) >= 11 is 0. The van der Waals surface area contributed by atoms with Crippen LogP contribution in [-0.2, 0) is 0 Å². The fourth-order valence-corrected chi connectivity index (χ4v) is 11.8. The van der Waals surface area contributed by atoms with Gasteiger partial charge in [-0.25, -0.2) is 0 Å². The molecule has 0 radical (unpaired) electrons. The number of hydrogen-bond donors (Lipinski definition) is 4. The summed E-state index contributed by atoms with van der Waals surface area (Å²) in [6.45, 7) is 14.1. The molecule has 0 bridgehead atoms. The van der Waals surface area contributed by atoms with Crippen LogP contribution in [0.15, 0.2) is 0 Å². The van der Waals surface area contributed by atoms with Gasteiger partial charge in [0.2, 0.25) is 0 Å². The molecule has 5 rings (SSSR count). The van der Waals surface area contributed by atoms with Crippen LogP contribution in [0.2, 0.25) is 0 Å². The molecule has 4 nitrogen and oxygen atoms in total. The van der Waals surface area contributed by atoms with Gasteiger partial charge in [0.1, 0.15) is 0 Å². The summed E-state index contributed by atoms with van der Waals surface area (Å²) in [6.07, 6.45) is 10.1. The molecule has 5 aliphatic rings. The van der Waals surface area contributed by atoms with Crippen LogP contribution in [0.25, 0.3) is 0 Å². The molecule has 0 heterocycles. The van der Waals surface area contributed by atoms with Crippen molar-refractivity contribution in [3.8, 4) is 0 Å². The van der Waals surface area contributed by atoms with Crippen LogP contribution in [0, 0.1) is 50.7 Å². The van der Waals surface area contributed by atoms with Gasteiger partial charge in [-0.1, -0.05) is 41.5 Å². The van der Waals surface area contributed by atoms with E-state index in [1.54, 1.807) is 0 Å². The molecule has 4 heteroatoms. The van der Waals surface area contributed by atoms with Gasteiger partial charge in [0.15, 0.2) is 0 Å². The molecule has 11 atom stereocenters. The molecule has 0 amide bonds. The number of fused-ring (bicyclic) bond motifs is 6. The molecule has 5 aliphatic carbocycles. The van der Waals surface area contributed by atoms with E-state index in [2.05, 4.69) is 41.5 Å². The molecule has 34 heavy (non-hydrogen) atoms. The van der Waals surface area contributed by atoms with Crippen molar-refractivity contribution in [2.45, 2.75) is 130 Å². The quantitative estimate of drug-likeness (QED) is 0.414. The summed E-state index contributed by atoms with van der Waals surface area (Å²) in [5.74, 6) is 1.57. The molecule has 0 unspecified atom stereocenters. The lowest BCUT2D eigenvalue weighted by Gasteiger charge is -2.65. The van der Waals surface area contributed by atoms with Crippen LogP contribution in [0.4, 0.5) is 0 Å². The number of rotatable bonds is 1. The SMILES string of the molecule is CC1(C)[C@@H](O)CC[C@@]2(C)[C@H]1CC[C@]1(O)C[C@]3(C)CC[C@H]4[C@](C)(CC[C@H](O)[C@]4(C)CO)[C@H]3CC[C@@H]12. The molecule has 0 aromatic rings. The van der Waals surface area contributed by atoms with Crippen molar-refractivity contribution in [1.82, 2.24) is 0 Å². The maximum Gasteiger partial charge on any atom is 0.0686 e. The lowest BCUT2D eigenvalue weighted by atomic mass is 9.41. The minimum Gasteiger partial charge on any atom is -0.396 e. The van der Waals surface area contributed by atoms with E-state index in [1.165, 1.54) is 0 Å². The summed E-state index contributed by atoms with van der Waals surface area (Å²) in [5, 5.41) is 44.6. The van der Waals surface area contributed by atoms with Crippen LogP contribution in [0.1, 0.15) is 112 Å². The molecule has 0 spiro atoms. The van der Waals surface area contributed by atoms with Crippen molar-refractivity contribution in [3.05, 3.63) is 0 Å². The van der Waals surface area contributed by atoms with Gasteiger partial charge in [-0.3, -0.25) is 0 Å². The molecule has 196 valence electrons. The molecular weight excluding hydrogens is 424 g/mol. The molecule has 4 N–H and O–H groups in total. The predicted octanol–water partition coefficient (Wildman–Crippen LogP) is 5.31. The van der Waals surface area contributed by atoms with E-state index in [0.717, 1.165) is 70.6 Å². The molecule has 5 saturated carbocycles. The Bertz CT molecular complexity index is 812. The summed E-state index contributed by atoms with van der Waals surface area (Å²) < 4.78 is 0. The highest BCUT2D eigenvalue weighted by atomic mass is 16.3. The van der Waals surface area contributed by atoms with Crippen molar-refractivity contribution in [3.63, 3.8) is 0 Å². The van der Waals surface area contributed by atoms with Gasteiger partial charge in [-0.2, -0.15) is 0 Å². The van der Waals surface area contributed by atoms with Crippen molar-refractivity contribution in [2.75, 3.05) is 6.61 Å². The second-order valence-electron chi connectivity index (χ2n) is 15.4. The molecule has 0 aromatic heterocycles. The number of hydrogen-bond acceptors (Lipinski definition) is 4. The zero-order valence-electron chi connectivity index (χ0n) is 22.7. The maximum absolute atomic E-state index is 12.4. The third kappa shape index (κ3) is 3.16. The van der Waals surface area contributed by atoms with E-state index >= 15 is 0 Å². The molecule has 0 aromatic carbocycles. The van der Waals surface area contributed by atoms with Gasteiger partial charge in [0.25, 0.3) is 0 Å². The molecule has 0 aliphatic heterocycles. The first-order chi connectivity index (χ1) is 15.7. The normalized spacial score (nSPS) is 59.1. The van der Waals surface area contributed by atoms with Crippen LogP contribution in [0.5, 0.6) is 0 Å². The third-order valence-corrected chi connectivity index (χ3v) is 13.6. The Morgan fingerprint density at radius 1 is 0.618 bits per heavy atom.